The molecule has 1 aromatic carbocycles. The molecule has 3 rings (SSSR count). The fraction of sp³-hybridized carbons (Fsp3) is 0.188. The van der Waals surface area contributed by atoms with E-state index in [1.165, 1.54) is 0 Å². The van der Waals surface area contributed by atoms with Gasteiger partial charge < -0.3 is 5.73 Å². The van der Waals surface area contributed by atoms with Gasteiger partial charge in [0.15, 0.2) is 0 Å². The number of fused-ring (bicyclic) bond motifs is 1. The Bertz CT molecular complexity index is 964. The second kappa shape index (κ2) is 5.92. The van der Waals surface area contributed by atoms with Gasteiger partial charge in [-0.25, -0.2) is 4.98 Å². The van der Waals surface area contributed by atoms with Crippen LogP contribution in [0.2, 0.25) is 0 Å². The first-order chi connectivity index (χ1) is 11.0. The van der Waals surface area contributed by atoms with Crippen molar-refractivity contribution in [1.29, 1.82) is 0 Å². The van der Waals surface area contributed by atoms with Gasteiger partial charge in [0.25, 0.3) is 5.56 Å². The average Bonchev–Trinajstić information content (AvgIpc) is 2.54. The lowest BCUT2D eigenvalue weighted by Crippen LogP contribution is -2.22. The molecule has 0 bridgehead atoms. The highest BCUT2D eigenvalue weighted by Crippen LogP contribution is 2.21. The Kier molecular flexibility index (Phi) is 3.96. The lowest BCUT2D eigenvalue weighted by atomic mass is 10.1. The van der Waals surface area contributed by atoms with Crippen LogP contribution in [0.5, 0.6) is 0 Å². The van der Waals surface area contributed by atoms with Crippen LogP contribution in [0.1, 0.15) is 6.92 Å². The molecule has 3 aromatic rings. The first-order valence-electron chi connectivity index (χ1n) is 7.11. The summed E-state index contributed by atoms with van der Waals surface area (Å²) in [6, 6.07) is 8.91. The summed E-state index contributed by atoms with van der Waals surface area (Å²) in [5.41, 5.74) is 7.34. The molecule has 23 heavy (non-hydrogen) atoms. The van der Waals surface area contributed by atoms with Crippen LogP contribution >= 0.6 is 0 Å². The van der Waals surface area contributed by atoms with Gasteiger partial charge in [0.05, 0.1) is 0 Å². The van der Waals surface area contributed by atoms with E-state index in [2.05, 4.69) is 9.97 Å². The molecule has 0 spiro atoms. The van der Waals surface area contributed by atoms with E-state index in [1.54, 1.807) is 47.4 Å². The molecule has 1 unspecified atom stereocenters. The first kappa shape index (κ1) is 15.4. The van der Waals surface area contributed by atoms with E-state index in [-0.39, 0.29) is 11.5 Å². The van der Waals surface area contributed by atoms with Crippen molar-refractivity contribution in [2.45, 2.75) is 18.4 Å². The van der Waals surface area contributed by atoms with Crippen molar-refractivity contribution in [3.05, 3.63) is 46.9 Å². The van der Waals surface area contributed by atoms with E-state index >= 15 is 0 Å². The molecule has 1 atom stereocenters. The van der Waals surface area contributed by atoms with Crippen LogP contribution in [0.25, 0.3) is 22.2 Å². The molecule has 0 amide bonds. The second-order valence-electron chi connectivity index (χ2n) is 5.09. The van der Waals surface area contributed by atoms with E-state index in [9.17, 15) is 9.00 Å². The average molecular weight is 328 g/mol. The SMILES string of the molecule is CCn1c(=O)c(-c2ccc(S(C)=O)cc2)cc2cnc(N)nc21. The molecular weight excluding hydrogens is 312 g/mol. The molecule has 0 fully saturated rings. The minimum absolute atomic E-state index is 0.136. The van der Waals surface area contributed by atoms with E-state index in [4.69, 9.17) is 5.73 Å². The van der Waals surface area contributed by atoms with Gasteiger partial charge in [0, 0.05) is 45.6 Å². The first-order valence-corrected chi connectivity index (χ1v) is 8.67. The monoisotopic (exact) mass is 328 g/mol. The molecule has 0 radical (unpaired) electrons. The number of hydrogen-bond donors (Lipinski definition) is 1. The molecule has 2 heterocycles. The zero-order valence-corrected chi connectivity index (χ0v) is 13.6. The summed E-state index contributed by atoms with van der Waals surface area (Å²) in [6.07, 6.45) is 3.24. The summed E-state index contributed by atoms with van der Waals surface area (Å²) in [6.45, 7) is 2.36. The minimum atomic E-state index is -1.05. The van der Waals surface area contributed by atoms with Gasteiger partial charge in [-0.2, -0.15) is 4.98 Å². The lowest BCUT2D eigenvalue weighted by molar-refractivity contribution is 0.687. The molecule has 7 heteroatoms. The van der Waals surface area contributed by atoms with Crippen molar-refractivity contribution < 1.29 is 4.21 Å². The van der Waals surface area contributed by atoms with Crippen LogP contribution in [0.4, 0.5) is 5.95 Å². The van der Waals surface area contributed by atoms with Gasteiger partial charge in [0.1, 0.15) is 5.65 Å². The number of rotatable bonds is 3. The normalized spacial score (nSPS) is 12.4. The molecule has 0 aliphatic carbocycles. The Labute approximate surface area is 135 Å². The van der Waals surface area contributed by atoms with Gasteiger partial charge in [-0.3, -0.25) is 13.6 Å². The third-order valence-corrected chi connectivity index (χ3v) is 4.60. The molecule has 6 nitrogen and oxygen atoms in total. The van der Waals surface area contributed by atoms with Crippen LogP contribution < -0.4 is 11.3 Å². The Morgan fingerprint density at radius 1 is 1.26 bits per heavy atom. The number of hydrogen-bond acceptors (Lipinski definition) is 5. The number of nitrogens with zero attached hydrogens (tertiary/aromatic N) is 3. The number of nitrogen functional groups attached to an aromatic ring is 1. The summed E-state index contributed by atoms with van der Waals surface area (Å²) in [4.78, 5) is 21.6. The lowest BCUT2D eigenvalue weighted by Gasteiger charge is -2.11. The number of aryl methyl sites for hydroxylation is 1. The van der Waals surface area contributed by atoms with E-state index < -0.39 is 10.8 Å². The molecule has 0 saturated carbocycles. The highest BCUT2D eigenvalue weighted by molar-refractivity contribution is 7.84. The highest BCUT2D eigenvalue weighted by Gasteiger charge is 2.12. The van der Waals surface area contributed by atoms with Crippen LogP contribution in [-0.4, -0.2) is 25.0 Å². The predicted molar refractivity (Wildman–Crippen MR) is 91.7 cm³/mol. The summed E-state index contributed by atoms with van der Waals surface area (Å²) < 4.78 is 13.1. The number of anilines is 1. The standard InChI is InChI=1S/C16H16N4O2S/c1-3-20-14-11(9-18-16(17)19-14)8-13(15(20)21)10-4-6-12(7-5-10)23(2)22/h4-9H,3H2,1-2H3,(H2,17,18,19). The van der Waals surface area contributed by atoms with Crippen LogP contribution in [0.3, 0.4) is 0 Å². The summed E-state index contributed by atoms with van der Waals surface area (Å²) in [7, 11) is -1.05. The highest BCUT2D eigenvalue weighted by atomic mass is 32.2. The van der Waals surface area contributed by atoms with E-state index in [0.29, 0.717) is 17.8 Å². The Balaban J connectivity index is 2.25. The summed E-state index contributed by atoms with van der Waals surface area (Å²) in [5, 5.41) is 0.749. The topological polar surface area (TPSA) is 90.9 Å². The summed E-state index contributed by atoms with van der Waals surface area (Å²) in [5.74, 6) is 0.140. The summed E-state index contributed by atoms with van der Waals surface area (Å²) >= 11 is 0. The van der Waals surface area contributed by atoms with Gasteiger partial charge in [-0.1, -0.05) is 12.1 Å². The Morgan fingerprint density at radius 2 is 1.96 bits per heavy atom. The van der Waals surface area contributed by atoms with Crippen molar-refractivity contribution in [2.75, 3.05) is 12.0 Å². The smallest absolute Gasteiger partial charge is 0.260 e. The minimum Gasteiger partial charge on any atom is -0.368 e. The Hall–Kier alpha value is -2.54. The zero-order chi connectivity index (χ0) is 16.6. The molecule has 0 aliphatic heterocycles. The maximum absolute atomic E-state index is 12.7. The van der Waals surface area contributed by atoms with Crippen molar-refractivity contribution in [3.63, 3.8) is 0 Å². The van der Waals surface area contributed by atoms with Gasteiger partial charge in [-0.15, -0.1) is 0 Å². The van der Waals surface area contributed by atoms with Gasteiger partial charge >= 0.3 is 0 Å². The third kappa shape index (κ3) is 2.75. The quantitative estimate of drug-likeness (QED) is 0.791. The molecule has 2 N–H and O–H groups in total. The van der Waals surface area contributed by atoms with Crippen LogP contribution in [0, 0.1) is 0 Å². The largest absolute Gasteiger partial charge is 0.368 e. The number of benzene rings is 1. The van der Waals surface area contributed by atoms with Crippen molar-refractivity contribution in [1.82, 2.24) is 14.5 Å². The van der Waals surface area contributed by atoms with Crippen LogP contribution in [0.15, 0.2) is 46.2 Å². The number of aromatic nitrogens is 3. The van der Waals surface area contributed by atoms with E-state index in [0.717, 1.165) is 15.8 Å². The zero-order valence-electron chi connectivity index (χ0n) is 12.8. The van der Waals surface area contributed by atoms with E-state index in [1.807, 2.05) is 6.92 Å². The van der Waals surface area contributed by atoms with Gasteiger partial charge in [-0.05, 0) is 30.7 Å². The molecular formula is C16H16N4O2S. The fourth-order valence-electron chi connectivity index (χ4n) is 2.50. The molecule has 0 aliphatic rings. The van der Waals surface area contributed by atoms with Crippen LogP contribution in [-0.2, 0) is 17.3 Å². The molecule has 2 aromatic heterocycles. The Morgan fingerprint density at radius 3 is 2.57 bits per heavy atom. The van der Waals surface area contributed by atoms with Crippen molar-refractivity contribution in [3.8, 4) is 11.1 Å². The number of nitrogens with two attached hydrogens (primary N) is 1. The molecule has 0 saturated heterocycles. The second-order valence-corrected chi connectivity index (χ2v) is 6.47. The van der Waals surface area contributed by atoms with Gasteiger partial charge in [0.2, 0.25) is 5.95 Å². The fourth-order valence-corrected chi connectivity index (χ4v) is 3.02. The predicted octanol–water partition coefficient (Wildman–Crippen LogP) is 1.80. The third-order valence-electron chi connectivity index (χ3n) is 3.66. The maximum Gasteiger partial charge on any atom is 0.260 e. The van der Waals surface area contributed by atoms with Crippen molar-refractivity contribution in [2.24, 2.45) is 0 Å². The maximum atomic E-state index is 12.7. The number of pyridine rings is 1. The van der Waals surface area contributed by atoms with Crippen molar-refractivity contribution >= 4 is 27.8 Å². The molecule has 118 valence electrons.